The maximum Gasteiger partial charge on any atom is 0.600 e. The maximum atomic E-state index is 13.3. The number of alkyl halides is 3. The van der Waals surface area contributed by atoms with Gasteiger partial charge in [0.05, 0.1) is 10.5 Å². The highest BCUT2D eigenvalue weighted by Crippen LogP contribution is 2.56. The molecule has 1 aromatic carbocycles. The molecule has 0 saturated heterocycles. The molecule has 0 nitrogen and oxygen atoms in total. The molecule has 96 valence electrons. The normalized spacial score (nSPS) is 18.1. The van der Waals surface area contributed by atoms with Gasteiger partial charge in [0.15, 0.2) is 9.58 Å². The van der Waals surface area contributed by atoms with Crippen LogP contribution in [-0.4, -0.2) is 0 Å². The minimum atomic E-state index is -4.20. The number of rotatable bonds is 1. The fraction of sp³-hybridized carbons (Fsp3) is 0.385. The Hall–Kier alpha value is -0.740. The Morgan fingerprint density at radius 3 is 2.44 bits per heavy atom. The minimum Gasteiger partial charge on any atom is -0.118 e. The van der Waals surface area contributed by atoms with E-state index in [2.05, 4.69) is 0 Å². The van der Waals surface area contributed by atoms with Crippen molar-refractivity contribution in [1.29, 1.82) is 0 Å². The maximum absolute atomic E-state index is 13.3. The highest BCUT2D eigenvalue weighted by Gasteiger charge is 2.50. The standard InChI is InChI=1S/C13H11ClF3S/c14-10-5-4-9-6-11(8-2-1-3-8)18(12(9)7-10)13(15,16)17/h4-8H,1-3H2/q+1. The zero-order valence-corrected chi connectivity index (χ0v) is 11.0. The van der Waals surface area contributed by atoms with Crippen molar-refractivity contribution in [3.8, 4) is 0 Å². The van der Waals surface area contributed by atoms with E-state index in [-0.39, 0.29) is 5.92 Å². The summed E-state index contributed by atoms with van der Waals surface area (Å²) in [6, 6.07) is 6.54. The van der Waals surface area contributed by atoms with Crippen LogP contribution in [0.1, 0.15) is 30.1 Å². The van der Waals surface area contributed by atoms with Crippen LogP contribution in [0.25, 0.3) is 10.1 Å². The van der Waals surface area contributed by atoms with Crippen LogP contribution >= 0.6 is 22.1 Å². The van der Waals surface area contributed by atoms with Crippen molar-refractivity contribution in [2.75, 3.05) is 0 Å². The molecule has 2 aromatic rings. The lowest BCUT2D eigenvalue weighted by Crippen LogP contribution is -2.10. The van der Waals surface area contributed by atoms with Gasteiger partial charge >= 0.3 is 5.51 Å². The number of hydrogen-bond donors (Lipinski definition) is 0. The topological polar surface area (TPSA) is 0 Å². The molecule has 1 fully saturated rings. The number of halogens is 4. The van der Waals surface area contributed by atoms with E-state index >= 15 is 0 Å². The Labute approximate surface area is 110 Å². The summed E-state index contributed by atoms with van der Waals surface area (Å²) in [5.41, 5.74) is -4.20. The van der Waals surface area contributed by atoms with Crippen LogP contribution in [0.2, 0.25) is 5.02 Å². The SMILES string of the molecule is FC(F)(F)[s+]1c(C2CCC2)cc2ccc(Cl)cc21. The average molecular weight is 292 g/mol. The van der Waals surface area contributed by atoms with Gasteiger partial charge in [0.2, 0.25) is 0 Å². The molecule has 5 heteroatoms. The summed E-state index contributed by atoms with van der Waals surface area (Å²) in [4.78, 5) is 0.561. The molecule has 1 unspecified atom stereocenters. The molecule has 0 radical (unpaired) electrons. The summed E-state index contributed by atoms with van der Waals surface area (Å²) in [5.74, 6) is 0.112. The van der Waals surface area contributed by atoms with Crippen LogP contribution in [0.5, 0.6) is 0 Å². The lowest BCUT2D eigenvalue weighted by molar-refractivity contribution is -0.0868. The molecule has 1 atom stereocenters. The van der Waals surface area contributed by atoms with Gasteiger partial charge < -0.3 is 0 Å². The first-order valence-electron chi connectivity index (χ1n) is 5.79. The molecular weight excluding hydrogens is 281 g/mol. The second-order valence-corrected chi connectivity index (χ2v) is 7.03. The molecule has 1 heterocycles. The summed E-state index contributed by atoms with van der Waals surface area (Å²) >= 11 is 5.83. The van der Waals surface area contributed by atoms with Crippen LogP contribution in [-0.2, 0) is 5.51 Å². The van der Waals surface area contributed by atoms with Gasteiger partial charge in [-0.3, -0.25) is 0 Å². The van der Waals surface area contributed by atoms with Crippen LogP contribution in [0, 0.1) is 0 Å². The predicted molar refractivity (Wildman–Crippen MR) is 69.3 cm³/mol. The van der Waals surface area contributed by atoms with E-state index < -0.39 is 16.0 Å². The van der Waals surface area contributed by atoms with E-state index in [1.807, 2.05) is 0 Å². The summed E-state index contributed by atoms with van der Waals surface area (Å²) in [6.07, 6.45) is 2.80. The Bertz CT molecular complexity index is 596. The van der Waals surface area contributed by atoms with Crippen molar-refractivity contribution in [3.05, 3.63) is 34.2 Å². The molecule has 0 N–H and O–H groups in total. The number of benzene rings is 1. The number of hydrogen-bond acceptors (Lipinski definition) is 0. The summed E-state index contributed by atoms with van der Waals surface area (Å²) in [6.45, 7) is 0. The van der Waals surface area contributed by atoms with Gasteiger partial charge in [0, 0.05) is 28.5 Å². The quantitative estimate of drug-likeness (QED) is 0.566. The lowest BCUT2D eigenvalue weighted by Gasteiger charge is -2.21. The Morgan fingerprint density at radius 1 is 1.17 bits per heavy atom. The number of fused-ring (bicyclic) bond motifs is 1. The van der Waals surface area contributed by atoms with Crippen molar-refractivity contribution in [3.63, 3.8) is 0 Å². The van der Waals surface area contributed by atoms with Gasteiger partial charge in [-0.25, -0.2) is 0 Å². The van der Waals surface area contributed by atoms with E-state index in [1.54, 1.807) is 18.2 Å². The highest BCUT2D eigenvalue weighted by atomic mass is 35.5. The first-order valence-corrected chi connectivity index (χ1v) is 7.39. The van der Waals surface area contributed by atoms with Gasteiger partial charge in [-0.1, -0.05) is 18.0 Å². The fourth-order valence-electron chi connectivity index (χ4n) is 2.38. The zero-order valence-electron chi connectivity index (χ0n) is 9.43. The van der Waals surface area contributed by atoms with Gasteiger partial charge in [0.1, 0.15) is 0 Å². The molecule has 0 spiro atoms. The smallest absolute Gasteiger partial charge is 0.118 e. The van der Waals surface area contributed by atoms with Crippen LogP contribution in [0.3, 0.4) is 0 Å². The Kier molecular flexibility index (Phi) is 2.83. The Morgan fingerprint density at radius 2 is 1.89 bits per heavy atom. The zero-order chi connectivity index (χ0) is 12.9. The molecule has 1 aromatic heterocycles. The Balaban J connectivity index is 2.27. The molecule has 0 aliphatic heterocycles. The third kappa shape index (κ3) is 1.91. The minimum absolute atomic E-state index is 0.112. The average Bonchev–Trinajstić information content (AvgIpc) is 2.51. The molecule has 1 aliphatic rings. The fourth-order valence-corrected chi connectivity index (χ4v) is 4.81. The molecule has 18 heavy (non-hydrogen) atoms. The van der Waals surface area contributed by atoms with E-state index in [9.17, 15) is 13.2 Å². The number of thiophene rings is 1. The van der Waals surface area contributed by atoms with E-state index in [0.717, 1.165) is 19.3 Å². The first kappa shape index (κ1) is 12.3. The summed E-state index contributed by atoms with van der Waals surface area (Å²) in [5, 5.41) is 1.06. The molecule has 0 amide bonds. The van der Waals surface area contributed by atoms with Crippen LogP contribution in [0.4, 0.5) is 13.2 Å². The van der Waals surface area contributed by atoms with E-state index in [1.165, 1.54) is 6.07 Å². The molecule has 0 bridgehead atoms. The van der Waals surface area contributed by atoms with Gasteiger partial charge in [-0.05, 0) is 25.0 Å². The monoisotopic (exact) mass is 291 g/mol. The second-order valence-electron chi connectivity index (χ2n) is 4.61. The lowest BCUT2D eigenvalue weighted by atomic mass is 9.84. The van der Waals surface area contributed by atoms with Crippen molar-refractivity contribution in [2.45, 2.75) is 30.7 Å². The predicted octanol–water partition coefficient (Wildman–Crippen LogP) is 5.99. The summed E-state index contributed by atoms with van der Waals surface area (Å²) < 4.78 is 40.2. The molecular formula is C13H11ClF3S+. The van der Waals surface area contributed by atoms with Crippen LogP contribution < -0.4 is 0 Å². The highest BCUT2D eigenvalue weighted by molar-refractivity contribution is 7.38. The summed E-state index contributed by atoms with van der Waals surface area (Å²) in [7, 11) is -1.77. The van der Waals surface area contributed by atoms with Crippen LogP contribution in [0.15, 0.2) is 24.3 Å². The van der Waals surface area contributed by atoms with Gasteiger partial charge in [-0.15, -0.1) is 13.2 Å². The van der Waals surface area contributed by atoms with Crippen molar-refractivity contribution >= 4 is 32.2 Å². The van der Waals surface area contributed by atoms with Crippen molar-refractivity contribution < 1.29 is 13.2 Å². The third-order valence-electron chi connectivity index (χ3n) is 3.47. The third-order valence-corrected chi connectivity index (χ3v) is 5.88. The van der Waals surface area contributed by atoms with Crippen molar-refractivity contribution in [2.24, 2.45) is 0 Å². The van der Waals surface area contributed by atoms with Crippen molar-refractivity contribution in [1.82, 2.24) is 0 Å². The molecule has 3 rings (SSSR count). The van der Waals surface area contributed by atoms with E-state index in [4.69, 9.17) is 11.6 Å². The largest absolute Gasteiger partial charge is 0.600 e. The molecule has 1 aliphatic carbocycles. The first-order chi connectivity index (χ1) is 8.47. The molecule has 1 saturated carbocycles. The van der Waals surface area contributed by atoms with Gasteiger partial charge in [-0.2, -0.15) is 0 Å². The van der Waals surface area contributed by atoms with E-state index in [0.29, 0.717) is 20.0 Å². The second kappa shape index (κ2) is 4.14. The van der Waals surface area contributed by atoms with Gasteiger partial charge in [0.25, 0.3) is 0 Å².